The summed E-state index contributed by atoms with van der Waals surface area (Å²) in [5.74, 6) is 0.441. The van der Waals surface area contributed by atoms with Crippen LogP contribution in [0, 0.1) is 6.92 Å². The first-order valence-electron chi connectivity index (χ1n) is 7.43. The van der Waals surface area contributed by atoms with Crippen LogP contribution < -0.4 is 11.1 Å². The normalized spacial score (nSPS) is 12.5. The standard InChI is InChI=1S/C17H24N4S/c1-12-5-7-13(8-6-12)20-16(18)19-10-9-15-21-14(11-22-15)17(2,3)4/h5-8,11H,9-10H2,1-4H3,(H3,18,19,20). The molecule has 0 bridgehead atoms. The Hall–Kier alpha value is -1.88. The molecule has 0 atom stereocenters. The van der Waals surface area contributed by atoms with Gasteiger partial charge in [-0.3, -0.25) is 4.99 Å². The fourth-order valence-corrected chi connectivity index (χ4v) is 2.88. The quantitative estimate of drug-likeness (QED) is 0.667. The van der Waals surface area contributed by atoms with Crippen molar-refractivity contribution in [2.75, 3.05) is 11.9 Å². The fourth-order valence-electron chi connectivity index (χ4n) is 1.87. The summed E-state index contributed by atoms with van der Waals surface area (Å²) < 4.78 is 0. The summed E-state index contributed by atoms with van der Waals surface area (Å²) in [4.78, 5) is 9.02. The van der Waals surface area contributed by atoms with Crippen molar-refractivity contribution < 1.29 is 0 Å². The molecule has 22 heavy (non-hydrogen) atoms. The van der Waals surface area contributed by atoms with Crippen LogP contribution >= 0.6 is 11.3 Å². The number of nitrogens with two attached hydrogens (primary N) is 1. The van der Waals surface area contributed by atoms with Crippen molar-refractivity contribution in [3.8, 4) is 0 Å². The third-order valence-electron chi connectivity index (χ3n) is 3.25. The van der Waals surface area contributed by atoms with E-state index in [9.17, 15) is 0 Å². The molecule has 4 nitrogen and oxygen atoms in total. The molecule has 0 aliphatic carbocycles. The van der Waals surface area contributed by atoms with Crippen molar-refractivity contribution in [2.24, 2.45) is 10.7 Å². The largest absolute Gasteiger partial charge is 0.370 e. The van der Waals surface area contributed by atoms with Crippen molar-refractivity contribution in [1.82, 2.24) is 4.98 Å². The molecule has 0 aliphatic heterocycles. The van der Waals surface area contributed by atoms with Crippen molar-refractivity contribution in [1.29, 1.82) is 0 Å². The SMILES string of the molecule is Cc1ccc(NC(N)=NCCc2nc(C(C)(C)C)cs2)cc1. The lowest BCUT2D eigenvalue weighted by molar-refractivity contribution is 0.571. The van der Waals surface area contributed by atoms with E-state index in [-0.39, 0.29) is 5.41 Å². The van der Waals surface area contributed by atoms with Gasteiger partial charge in [0.15, 0.2) is 5.96 Å². The lowest BCUT2D eigenvalue weighted by Crippen LogP contribution is -2.23. The Labute approximate surface area is 136 Å². The topological polar surface area (TPSA) is 63.3 Å². The van der Waals surface area contributed by atoms with E-state index in [0.29, 0.717) is 12.5 Å². The Balaban J connectivity index is 1.86. The second-order valence-corrected chi connectivity index (χ2v) is 7.33. The highest BCUT2D eigenvalue weighted by molar-refractivity contribution is 7.09. The van der Waals surface area contributed by atoms with Gasteiger partial charge in [-0.15, -0.1) is 11.3 Å². The number of thiazole rings is 1. The minimum atomic E-state index is 0.101. The van der Waals surface area contributed by atoms with Gasteiger partial charge in [-0.2, -0.15) is 0 Å². The van der Waals surface area contributed by atoms with Gasteiger partial charge in [-0.05, 0) is 19.1 Å². The van der Waals surface area contributed by atoms with Crippen LogP contribution in [0.3, 0.4) is 0 Å². The number of anilines is 1. The predicted molar refractivity (Wildman–Crippen MR) is 95.8 cm³/mol. The van der Waals surface area contributed by atoms with E-state index in [2.05, 4.69) is 48.4 Å². The number of aryl methyl sites for hydroxylation is 1. The molecule has 0 aliphatic rings. The van der Waals surface area contributed by atoms with E-state index in [1.807, 2.05) is 24.3 Å². The molecule has 5 heteroatoms. The fraction of sp³-hybridized carbons (Fsp3) is 0.412. The van der Waals surface area contributed by atoms with E-state index < -0.39 is 0 Å². The predicted octanol–water partition coefficient (Wildman–Crippen LogP) is 3.72. The van der Waals surface area contributed by atoms with Crippen LogP contribution in [0.4, 0.5) is 5.69 Å². The third-order valence-corrected chi connectivity index (χ3v) is 4.16. The second-order valence-electron chi connectivity index (χ2n) is 6.38. The van der Waals surface area contributed by atoms with E-state index in [4.69, 9.17) is 5.73 Å². The molecule has 0 unspecified atom stereocenters. The summed E-state index contributed by atoms with van der Waals surface area (Å²) in [7, 11) is 0. The van der Waals surface area contributed by atoms with E-state index in [1.54, 1.807) is 11.3 Å². The van der Waals surface area contributed by atoms with Gasteiger partial charge in [0.2, 0.25) is 0 Å². The number of benzene rings is 1. The van der Waals surface area contributed by atoms with E-state index in [1.165, 1.54) is 5.56 Å². The zero-order valence-corrected chi connectivity index (χ0v) is 14.5. The summed E-state index contributed by atoms with van der Waals surface area (Å²) in [5, 5.41) is 6.34. The molecule has 0 radical (unpaired) electrons. The summed E-state index contributed by atoms with van der Waals surface area (Å²) in [6.07, 6.45) is 0.816. The van der Waals surface area contributed by atoms with Crippen molar-refractivity contribution in [3.63, 3.8) is 0 Å². The highest BCUT2D eigenvalue weighted by atomic mass is 32.1. The first-order valence-corrected chi connectivity index (χ1v) is 8.31. The summed E-state index contributed by atoms with van der Waals surface area (Å²) in [6, 6.07) is 8.07. The number of aliphatic imine (C=N–C) groups is 1. The number of hydrogen-bond donors (Lipinski definition) is 2. The number of nitrogens with one attached hydrogen (secondary N) is 1. The van der Waals surface area contributed by atoms with Gasteiger partial charge in [0.1, 0.15) is 0 Å². The molecule has 0 saturated carbocycles. The lowest BCUT2D eigenvalue weighted by Gasteiger charge is -2.14. The highest BCUT2D eigenvalue weighted by Gasteiger charge is 2.17. The zero-order chi connectivity index (χ0) is 16.2. The monoisotopic (exact) mass is 316 g/mol. The van der Waals surface area contributed by atoms with Crippen LogP contribution in [-0.2, 0) is 11.8 Å². The molecule has 0 fully saturated rings. The van der Waals surface area contributed by atoms with Gasteiger partial charge in [0.05, 0.1) is 10.7 Å². The van der Waals surface area contributed by atoms with E-state index >= 15 is 0 Å². The van der Waals surface area contributed by atoms with Gasteiger partial charge in [-0.25, -0.2) is 4.98 Å². The molecule has 1 aromatic heterocycles. The molecule has 3 N–H and O–H groups in total. The maximum Gasteiger partial charge on any atom is 0.193 e. The van der Waals surface area contributed by atoms with Gasteiger partial charge in [-0.1, -0.05) is 38.5 Å². The molecule has 0 amide bonds. The van der Waals surface area contributed by atoms with Gasteiger partial charge >= 0.3 is 0 Å². The van der Waals surface area contributed by atoms with Crippen LogP contribution in [0.2, 0.25) is 0 Å². The molecule has 0 saturated heterocycles. The molecule has 2 aromatic rings. The number of guanidine groups is 1. The Kier molecular flexibility index (Phi) is 5.19. The first-order chi connectivity index (χ1) is 10.3. The smallest absolute Gasteiger partial charge is 0.193 e. The van der Waals surface area contributed by atoms with Crippen molar-refractivity contribution in [2.45, 2.75) is 39.5 Å². The molecule has 1 heterocycles. The Morgan fingerprint density at radius 3 is 2.55 bits per heavy atom. The molecule has 0 spiro atoms. The third kappa shape index (κ3) is 4.84. The number of rotatable bonds is 4. The average molecular weight is 316 g/mol. The van der Waals surface area contributed by atoms with Crippen LogP contribution in [0.1, 0.15) is 37.0 Å². The van der Waals surface area contributed by atoms with Gasteiger partial charge < -0.3 is 11.1 Å². The lowest BCUT2D eigenvalue weighted by atomic mass is 9.93. The van der Waals surface area contributed by atoms with E-state index in [0.717, 1.165) is 22.8 Å². The maximum atomic E-state index is 5.90. The molecule has 118 valence electrons. The van der Waals surface area contributed by atoms with Gasteiger partial charge in [0.25, 0.3) is 0 Å². The van der Waals surface area contributed by atoms with Gasteiger partial charge in [0, 0.05) is 29.4 Å². The molecular weight excluding hydrogens is 292 g/mol. The molecular formula is C17H24N4S. The van der Waals surface area contributed by atoms with Crippen LogP contribution in [0.5, 0.6) is 0 Å². The molecule has 2 rings (SSSR count). The summed E-state index contributed by atoms with van der Waals surface area (Å²) in [6.45, 7) is 9.22. The second kappa shape index (κ2) is 6.92. The first kappa shape index (κ1) is 16.5. The molecule has 1 aromatic carbocycles. The van der Waals surface area contributed by atoms with Crippen LogP contribution in [0.15, 0.2) is 34.6 Å². The highest BCUT2D eigenvalue weighted by Crippen LogP contribution is 2.24. The van der Waals surface area contributed by atoms with Crippen molar-refractivity contribution >= 4 is 23.0 Å². The van der Waals surface area contributed by atoms with Crippen LogP contribution in [-0.4, -0.2) is 17.5 Å². The number of nitrogens with zero attached hydrogens (tertiary/aromatic N) is 2. The minimum absolute atomic E-state index is 0.101. The Bertz CT molecular complexity index is 635. The summed E-state index contributed by atoms with van der Waals surface area (Å²) in [5.41, 5.74) is 9.32. The maximum absolute atomic E-state index is 5.90. The van der Waals surface area contributed by atoms with Crippen molar-refractivity contribution in [3.05, 3.63) is 45.9 Å². The summed E-state index contributed by atoms with van der Waals surface area (Å²) >= 11 is 1.69. The Morgan fingerprint density at radius 2 is 1.95 bits per heavy atom. The zero-order valence-electron chi connectivity index (χ0n) is 13.7. The average Bonchev–Trinajstić information content (AvgIpc) is 2.90. The Morgan fingerprint density at radius 1 is 1.27 bits per heavy atom. The number of aromatic nitrogens is 1. The number of hydrogen-bond acceptors (Lipinski definition) is 3. The van der Waals surface area contributed by atoms with Crippen LogP contribution in [0.25, 0.3) is 0 Å². The minimum Gasteiger partial charge on any atom is -0.370 e.